The van der Waals surface area contributed by atoms with Gasteiger partial charge in [0, 0.05) is 0 Å². The normalized spacial score (nSPS) is 11.5. The Morgan fingerprint density at radius 3 is 2.57 bits per heavy atom. The monoisotopic (exact) mass is 218 g/mol. The van der Waals surface area contributed by atoms with Gasteiger partial charge < -0.3 is 10.6 Å². The van der Waals surface area contributed by atoms with Crippen LogP contribution >= 0.6 is 9.24 Å². The molecule has 5 heteroatoms. The van der Waals surface area contributed by atoms with E-state index in [0.717, 1.165) is 32.2 Å². The van der Waals surface area contributed by atoms with Gasteiger partial charge in [0.05, 0.1) is 0 Å². The molecule has 1 atom stereocenters. The number of carbonyl (C=O) groups excluding carboxylic acids is 1. The summed E-state index contributed by atoms with van der Waals surface area (Å²) in [5, 5.41) is 3.66. The number of oxime groups is 1. The maximum absolute atomic E-state index is 10.7. The van der Waals surface area contributed by atoms with Gasteiger partial charge in [-0.1, -0.05) is 20.8 Å². The summed E-state index contributed by atoms with van der Waals surface area (Å²) < 4.78 is 0. The molecule has 14 heavy (non-hydrogen) atoms. The number of rotatable bonds is 8. The molecule has 0 heterocycles. The Morgan fingerprint density at radius 1 is 1.36 bits per heavy atom. The second kappa shape index (κ2) is 9.10. The van der Waals surface area contributed by atoms with Crippen LogP contribution < -0.4 is 5.73 Å². The Labute approximate surface area is 87.5 Å². The molecule has 2 N–H and O–H groups in total. The summed E-state index contributed by atoms with van der Waals surface area (Å²) in [4.78, 5) is 15.6. The van der Waals surface area contributed by atoms with Crippen molar-refractivity contribution >= 4 is 20.5 Å². The van der Waals surface area contributed by atoms with E-state index in [4.69, 9.17) is 10.6 Å². The first kappa shape index (κ1) is 13.5. The van der Waals surface area contributed by atoms with Crippen LogP contribution in [0.2, 0.25) is 0 Å². The molecule has 1 unspecified atom stereocenters. The topological polar surface area (TPSA) is 64.7 Å². The summed E-state index contributed by atoms with van der Waals surface area (Å²) in [5.74, 6) is 0. The summed E-state index contributed by atoms with van der Waals surface area (Å²) in [5.41, 5.74) is 5.60. The lowest BCUT2D eigenvalue weighted by molar-refractivity contribution is -0.105. The second-order valence-corrected chi connectivity index (χ2v) is 3.60. The minimum absolute atomic E-state index is 0.131. The molecule has 0 saturated heterocycles. The molecule has 0 aliphatic rings. The summed E-state index contributed by atoms with van der Waals surface area (Å²) in [6.07, 6.45) is 4.25. The van der Waals surface area contributed by atoms with Crippen LogP contribution in [0, 0.1) is 0 Å². The zero-order valence-corrected chi connectivity index (χ0v) is 9.82. The highest BCUT2D eigenvalue weighted by molar-refractivity contribution is 7.45. The van der Waals surface area contributed by atoms with Crippen LogP contribution in [-0.2, 0) is 9.63 Å². The fourth-order valence-electron chi connectivity index (χ4n) is 0.852. The molecule has 0 aromatic rings. The Kier molecular flexibility index (Phi) is 8.79. The number of carbonyl (C=O) groups is 1. The van der Waals surface area contributed by atoms with Crippen LogP contribution in [-0.4, -0.2) is 24.4 Å². The van der Waals surface area contributed by atoms with E-state index in [0.29, 0.717) is 12.3 Å². The van der Waals surface area contributed by atoms with Crippen LogP contribution in [0.25, 0.3) is 0 Å². The van der Waals surface area contributed by atoms with Gasteiger partial charge in [0.1, 0.15) is 12.3 Å². The zero-order chi connectivity index (χ0) is 10.8. The highest BCUT2D eigenvalue weighted by Crippen LogP contribution is 1.99. The third kappa shape index (κ3) is 8.14. The van der Waals surface area contributed by atoms with E-state index >= 15 is 0 Å². The van der Waals surface area contributed by atoms with Gasteiger partial charge >= 0.3 is 0 Å². The average Bonchev–Trinajstić information content (AvgIpc) is 2.16. The molecule has 0 aromatic heterocycles. The standard InChI is InChI=1S/C9H19N2O2P/c1-8(9(12)14)11-13-7-5-3-2-4-6-10/h2-7,10,14H2,1H3/b11-8-. The van der Waals surface area contributed by atoms with Gasteiger partial charge in [-0.2, -0.15) is 0 Å². The predicted octanol–water partition coefficient (Wildman–Crippen LogP) is 1.30. The smallest absolute Gasteiger partial charge is 0.195 e. The summed E-state index contributed by atoms with van der Waals surface area (Å²) >= 11 is 0. The Morgan fingerprint density at radius 2 is 2.00 bits per heavy atom. The average molecular weight is 218 g/mol. The van der Waals surface area contributed by atoms with Gasteiger partial charge in [-0.3, -0.25) is 4.79 Å². The lowest BCUT2D eigenvalue weighted by Crippen LogP contribution is -2.02. The van der Waals surface area contributed by atoms with Gasteiger partial charge in [0.15, 0.2) is 5.52 Å². The number of nitrogens with zero attached hydrogens (tertiary/aromatic N) is 1. The number of unbranched alkanes of at least 4 members (excludes halogenated alkanes) is 3. The highest BCUT2D eigenvalue weighted by atomic mass is 31.0. The van der Waals surface area contributed by atoms with Crippen LogP contribution in [0.15, 0.2) is 5.16 Å². The maximum atomic E-state index is 10.7. The maximum Gasteiger partial charge on any atom is 0.195 e. The Bertz CT molecular complexity index is 195. The Balaban J connectivity index is 3.29. The first-order valence-electron chi connectivity index (χ1n) is 4.85. The van der Waals surface area contributed by atoms with Crippen molar-refractivity contribution < 1.29 is 9.63 Å². The third-order valence-electron chi connectivity index (χ3n) is 1.75. The first-order valence-corrected chi connectivity index (χ1v) is 5.42. The molecule has 0 fully saturated rings. The second-order valence-electron chi connectivity index (χ2n) is 3.08. The molecule has 0 rings (SSSR count). The van der Waals surface area contributed by atoms with E-state index in [1.807, 2.05) is 0 Å². The number of nitrogens with two attached hydrogens (primary N) is 1. The van der Waals surface area contributed by atoms with Crippen molar-refractivity contribution in [2.45, 2.75) is 32.6 Å². The van der Waals surface area contributed by atoms with Crippen molar-refractivity contribution in [2.75, 3.05) is 13.2 Å². The molecule has 0 aromatic carbocycles. The van der Waals surface area contributed by atoms with Gasteiger partial charge in [-0.25, -0.2) is 0 Å². The van der Waals surface area contributed by atoms with E-state index < -0.39 is 0 Å². The zero-order valence-electron chi connectivity index (χ0n) is 8.66. The minimum atomic E-state index is -0.131. The Hall–Kier alpha value is -0.470. The van der Waals surface area contributed by atoms with Gasteiger partial charge in [-0.15, -0.1) is 0 Å². The molecule has 0 saturated carbocycles. The fraction of sp³-hybridized carbons (Fsp3) is 0.778. The number of hydrogen-bond acceptors (Lipinski definition) is 4. The van der Waals surface area contributed by atoms with Crippen LogP contribution in [0.4, 0.5) is 0 Å². The molecular formula is C9H19N2O2P. The quantitative estimate of drug-likeness (QED) is 0.289. The highest BCUT2D eigenvalue weighted by Gasteiger charge is 1.97. The molecule has 4 nitrogen and oxygen atoms in total. The lowest BCUT2D eigenvalue weighted by Gasteiger charge is -2.00. The van der Waals surface area contributed by atoms with Crippen molar-refractivity contribution in [3.63, 3.8) is 0 Å². The molecule has 0 aliphatic carbocycles. The van der Waals surface area contributed by atoms with Gasteiger partial charge in [-0.05, 0) is 32.7 Å². The van der Waals surface area contributed by atoms with E-state index in [-0.39, 0.29) is 5.52 Å². The van der Waals surface area contributed by atoms with E-state index in [9.17, 15) is 4.79 Å². The van der Waals surface area contributed by atoms with Crippen molar-refractivity contribution in [2.24, 2.45) is 10.9 Å². The molecule has 0 bridgehead atoms. The van der Waals surface area contributed by atoms with E-state index in [1.165, 1.54) is 0 Å². The largest absolute Gasteiger partial charge is 0.395 e. The SMILES string of the molecule is C/C(=N/OCCCCCCN)C(=O)P. The molecule has 0 radical (unpaired) electrons. The van der Waals surface area contributed by atoms with Crippen molar-refractivity contribution in [1.29, 1.82) is 0 Å². The van der Waals surface area contributed by atoms with E-state index in [2.05, 4.69) is 14.4 Å². The fourth-order valence-corrected chi connectivity index (χ4v) is 0.905. The van der Waals surface area contributed by atoms with Crippen molar-refractivity contribution in [3.05, 3.63) is 0 Å². The number of hydrogen-bond donors (Lipinski definition) is 1. The summed E-state index contributed by atoms with van der Waals surface area (Å²) in [6, 6.07) is 0. The molecule has 0 aliphatic heterocycles. The van der Waals surface area contributed by atoms with Crippen LogP contribution in [0.5, 0.6) is 0 Å². The van der Waals surface area contributed by atoms with Crippen molar-refractivity contribution in [3.8, 4) is 0 Å². The molecular weight excluding hydrogens is 199 g/mol. The first-order chi connectivity index (χ1) is 6.68. The molecule has 0 spiro atoms. The van der Waals surface area contributed by atoms with Gasteiger partial charge in [0.2, 0.25) is 0 Å². The molecule has 0 amide bonds. The van der Waals surface area contributed by atoms with Gasteiger partial charge in [0.25, 0.3) is 0 Å². The third-order valence-corrected chi connectivity index (χ3v) is 2.17. The van der Waals surface area contributed by atoms with Crippen LogP contribution in [0.3, 0.4) is 0 Å². The summed E-state index contributed by atoms with van der Waals surface area (Å²) in [6.45, 7) is 2.95. The summed E-state index contributed by atoms with van der Waals surface area (Å²) in [7, 11) is 2.06. The predicted molar refractivity (Wildman–Crippen MR) is 61.3 cm³/mol. The minimum Gasteiger partial charge on any atom is -0.395 e. The lowest BCUT2D eigenvalue weighted by atomic mass is 10.2. The molecule has 82 valence electrons. The van der Waals surface area contributed by atoms with Crippen LogP contribution in [0.1, 0.15) is 32.6 Å². The van der Waals surface area contributed by atoms with E-state index in [1.54, 1.807) is 6.92 Å². The van der Waals surface area contributed by atoms with Crippen molar-refractivity contribution in [1.82, 2.24) is 0 Å².